The minimum atomic E-state index is -0.359. The number of nitrogens with zero attached hydrogens (tertiary/aromatic N) is 3. The monoisotopic (exact) mass is 288 g/mol. The molecule has 0 bridgehead atoms. The summed E-state index contributed by atoms with van der Waals surface area (Å²) in [5.74, 6) is 0.0646. The van der Waals surface area contributed by atoms with Gasteiger partial charge in [-0.25, -0.2) is 15.0 Å². The largest absolute Gasteiger partial charge is 0.340 e. The number of hydrazine groups is 1. The highest BCUT2D eigenvalue weighted by molar-refractivity contribution is 6.33. The highest BCUT2D eigenvalue weighted by atomic mass is 35.5. The number of aromatic nitrogens is 4. The third-order valence-electron chi connectivity index (χ3n) is 2.64. The Morgan fingerprint density at radius 2 is 2.05 bits per heavy atom. The first-order valence-electron chi connectivity index (χ1n) is 5.70. The summed E-state index contributed by atoms with van der Waals surface area (Å²) >= 11 is 5.95. The predicted molar refractivity (Wildman–Crippen MR) is 74.2 cm³/mol. The molecule has 7 nitrogen and oxygen atoms in total. The van der Waals surface area contributed by atoms with Gasteiger partial charge in [-0.1, -0.05) is 23.7 Å². The molecule has 0 radical (unpaired) electrons. The fraction of sp³-hybridized carbons (Fsp3) is 0. The van der Waals surface area contributed by atoms with Gasteiger partial charge in [0.15, 0.2) is 11.5 Å². The van der Waals surface area contributed by atoms with Crippen molar-refractivity contribution in [2.75, 3.05) is 5.43 Å². The van der Waals surface area contributed by atoms with Crippen molar-refractivity contribution in [2.24, 2.45) is 0 Å². The molecule has 0 atom stereocenters. The van der Waals surface area contributed by atoms with Gasteiger partial charge in [0.05, 0.1) is 16.9 Å². The maximum Gasteiger partial charge on any atom is 0.271 e. The first-order chi connectivity index (χ1) is 9.75. The van der Waals surface area contributed by atoms with Crippen LogP contribution in [0.25, 0.3) is 11.2 Å². The molecular formula is C12H9ClN6O. The van der Waals surface area contributed by atoms with Gasteiger partial charge in [0.2, 0.25) is 0 Å². The lowest BCUT2D eigenvalue weighted by atomic mass is 10.2. The molecule has 0 aliphatic carbocycles. The summed E-state index contributed by atoms with van der Waals surface area (Å²) in [6.45, 7) is 0. The van der Waals surface area contributed by atoms with Crippen LogP contribution in [0.5, 0.6) is 0 Å². The van der Waals surface area contributed by atoms with E-state index < -0.39 is 0 Å². The van der Waals surface area contributed by atoms with Crippen LogP contribution in [0.2, 0.25) is 5.02 Å². The van der Waals surface area contributed by atoms with Gasteiger partial charge in [0.1, 0.15) is 11.8 Å². The highest BCUT2D eigenvalue weighted by Crippen LogP contribution is 2.16. The zero-order valence-corrected chi connectivity index (χ0v) is 10.8. The van der Waals surface area contributed by atoms with Crippen molar-refractivity contribution in [3.05, 3.63) is 47.5 Å². The van der Waals surface area contributed by atoms with E-state index in [4.69, 9.17) is 11.6 Å². The number of nitrogens with one attached hydrogen (secondary N) is 3. The number of fused-ring (bicyclic) bond motifs is 1. The van der Waals surface area contributed by atoms with Crippen LogP contribution in [0.3, 0.4) is 0 Å². The highest BCUT2D eigenvalue weighted by Gasteiger charge is 2.10. The van der Waals surface area contributed by atoms with Crippen LogP contribution in [0.1, 0.15) is 10.4 Å². The van der Waals surface area contributed by atoms with Crippen LogP contribution >= 0.6 is 11.6 Å². The van der Waals surface area contributed by atoms with E-state index in [0.29, 0.717) is 27.6 Å². The molecular weight excluding hydrogens is 280 g/mol. The van der Waals surface area contributed by atoms with Crippen molar-refractivity contribution in [3.63, 3.8) is 0 Å². The summed E-state index contributed by atoms with van der Waals surface area (Å²) in [6.07, 6.45) is 2.85. The molecule has 2 heterocycles. The Morgan fingerprint density at radius 3 is 2.90 bits per heavy atom. The molecule has 20 heavy (non-hydrogen) atoms. The molecule has 0 saturated carbocycles. The summed E-state index contributed by atoms with van der Waals surface area (Å²) in [5.41, 5.74) is 6.73. The first kappa shape index (κ1) is 12.4. The molecule has 1 amide bonds. The topological polar surface area (TPSA) is 95.6 Å². The van der Waals surface area contributed by atoms with Crippen LogP contribution in [0.4, 0.5) is 5.82 Å². The smallest absolute Gasteiger partial charge is 0.271 e. The molecule has 3 aromatic rings. The maximum atomic E-state index is 12.0. The van der Waals surface area contributed by atoms with Crippen LogP contribution in [0.15, 0.2) is 36.9 Å². The molecule has 3 rings (SSSR count). The van der Waals surface area contributed by atoms with Crippen LogP contribution < -0.4 is 10.9 Å². The number of H-pyrrole nitrogens is 1. The van der Waals surface area contributed by atoms with E-state index in [0.717, 1.165) is 0 Å². The van der Waals surface area contributed by atoms with Crippen LogP contribution in [-0.4, -0.2) is 25.8 Å². The lowest BCUT2D eigenvalue weighted by Gasteiger charge is -2.08. The molecule has 2 aromatic heterocycles. The van der Waals surface area contributed by atoms with E-state index in [2.05, 4.69) is 30.8 Å². The average molecular weight is 289 g/mol. The number of imidazole rings is 1. The van der Waals surface area contributed by atoms with E-state index in [1.165, 1.54) is 12.7 Å². The van der Waals surface area contributed by atoms with Gasteiger partial charge in [-0.15, -0.1) is 0 Å². The predicted octanol–water partition coefficient (Wildman–Crippen LogP) is 1.76. The molecule has 100 valence electrons. The van der Waals surface area contributed by atoms with Crippen LogP contribution in [-0.2, 0) is 0 Å². The normalized spacial score (nSPS) is 10.4. The fourth-order valence-electron chi connectivity index (χ4n) is 1.69. The number of rotatable bonds is 3. The number of halogens is 1. The maximum absolute atomic E-state index is 12.0. The zero-order chi connectivity index (χ0) is 13.9. The number of anilines is 1. The Balaban J connectivity index is 1.78. The van der Waals surface area contributed by atoms with Crippen molar-refractivity contribution in [1.29, 1.82) is 0 Å². The van der Waals surface area contributed by atoms with Gasteiger partial charge < -0.3 is 4.98 Å². The molecule has 1 aromatic carbocycles. The fourth-order valence-corrected chi connectivity index (χ4v) is 1.91. The minimum Gasteiger partial charge on any atom is -0.340 e. The van der Waals surface area contributed by atoms with Gasteiger partial charge in [-0.05, 0) is 12.1 Å². The third-order valence-corrected chi connectivity index (χ3v) is 2.97. The molecule has 3 N–H and O–H groups in total. The van der Waals surface area contributed by atoms with Crippen molar-refractivity contribution in [3.8, 4) is 0 Å². The van der Waals surface area contributed by atoms with E-state index in [9.17, 15) is 4.79 Å². The quantitative estimate of drug-likeness (QED) is 0.638. The van der Waals surface area contributed by atoms with Gasteiger partial charge >= 0.3 is 0 Å². The number of hydrogen-bond donors (Lipinski definition) is 3. The molecule has 8 heteroatoms. The summed E-state index contributed by atoms with van der Waals surface area (Å²) < 4.78 is 0. The number of amides is 1. The van der Waals surface area contributed by atoms with Crippen molar-refractivity contribution in [2.45, 2.75) is 0 Å². The van der Waals surface area contributed by atoms with Crippen LogP contribution in [0, 0.1) is 0 Å². The molecule has 0 aliphatic rings. The van der Waals surface area contributed by atoms with Crippen molar-refractivity contribution < 1.29 is 4.79 Å². The third kappa shape index (κ3) is 2.26. The van der Waals surface area contributed by atoms with Gasteiger partial charge in [-0.3, -0.25) is 15.6 Å². The number of carbonyl (C=O) groups is 1. The van der Waals surface area contributed by atoms with Gasteiger partial charge in [0, 0.05) is 0 Å². The summed E-state index contributed by atoms with van der Waals surface area (Å²) in [7, 11) is 0. The number of carbonyl (C=O) groups excluding carboxylic acids is 1. The number of aromatic amines is 1. The van der Waals surface area contributed by atoms with Gasteiger partial charge in [-0.2, -0.15) is 0 Å². The molecule has 0 spiro atoms. The second kappa shape index (κ2) is 5.14. The SMILES string of the molecule is O=C(NNc1ncnc2nc[nH]c12)c1ccccc1Cl. The van der Waals surface area contributed by atoms with E-state index in [-0.39, 0.29) is 5.91 Å². The molecule has 0 unspecified atom stereocenters. The Bertz CT molecular complexity index is 771. The second-order valence-corrected chi connectivity index (χ2v) is 4.29. The summed E-state index contributed by atoms with van der Waals surface area (Å²) in [5, 5.41) is 0.376. The Labute approximate surface area is 118 Å². The van der Waals surface area contributed by atoms with E-state index in [1.54, 1.807) is 24.3 Å². The van der Waals surface area contributed by atoms with Crippen molar-refractivity contribution in [1.82, 2.24) is 25.4 Å². The van der Waals surface area contributed by atoms with E-state index >= 15 is 0 Å². The second-order valence-electron chi connectivity index (χ2n) is 3.88. The molecule has 0 saturated heterocycles. The zero-order valence-electron chi connectivity index (χ0n) is 10.1. The summed E-state index contributed by atoms with van der Waals surface area (Å²) in [6, 6.07) is 6.77. The van der Waals surface area contributed by atoms with E-state index in [1.807, 2.05) is 0 Å². The van der Waals surface area contributed by atoms with Gasteiger partial charge in [0.25, 0.3) is 5.91 Å². The average Bonchev–Trinajstić information content (AvgIpc) is 2.94. The Kier molecular flexibility index (Phi) is 3.18. The lowest BCUT2D eigenvalue weighted by Crippen LogP contribution is -2.30. The minimum absolute atomic E-state index is 0.359. The lowest BCUT2D eigenvalue weighted by molar-refractivity contribution is 0.0962. The number of hydrogen-bond acceptors (Lipinski definition) is 5. The van der Waals surface area contributed by atoms with Crippen molar-refractivity contribution >= 4 is 34.5 Å². The molecule has 0 fully saturated rings. The number of benzene rings is 1. The Morgan fingerprint density at radius 1 is 1.20 bits per heavy atom. The summed E-state index contributed by atoms with van der Waals surface area (Å²) in [4.78, 5) is 26.9. The standard InChI is InChI=1S/C12H9ClN6O/c13-8-4-2-1-3-7(8)12(20)19-18-11-9-10(15-5-14-9)16-6-17-11/h1-6H,(H,19,20)(H2,14,15,16,17,18). The Hall–Kier alpha value is -2.67. The molecule has 0 aliphatic heterocycles. The first-order valence-corrected chi connectivity index (χ1v) is 6.08.